The van der Waals surface area contributed by atoms with Crippen molar-refractivity contribution >= 4 is 21.8 Å². The van der Waals surface area contributed by atoms with Crippen molar-refractivity contribution in [2.75, 3.05) is 0 Å². The zero-order valence-electron chi connectivity index (χ0n) is 23.9. The van der Waals surface area contributed by atoms with Crippen LogP contribution in [0.25, 0.3) is 27.6 Å². The molecular formula is C36H34IN2O-. The van der Waals surface area contributed by atoms with Crippen LogP contribution in [-0.4, -0.2) is 9.55 Å². The van der Waals surface area contributed by atoms with Crippen LogP contribution >= 0.6 is 0 Å². The molecule has 0 aliphatic rings. The number of nitrogens with zero attached hydrogens (tertiary/aromatic N) is 2. The summed E-state index contributed by atoms with van der Waals surface area (Å²) in [6.45, 7) is 13.3. The van der Waals surface area contributed by atoms with Crippen molar-refractivity contribution in [2.45, 2.75) is 47.0 Å². The van der Waals surface area contributed by atoms with Gasteiger partial charge in [-0.05, 0) is 0 Å². The summed E-state index contributed by atoms with van der Waals surface area (Å²) in [5, 5.41) is 2.40. The SMILES string of the molecule is Cc1cc(C)c([I-]c2cccc(Oc3ccc4c5ccccc5n(-c5cc(C(C)(C)C)ccn5)c4c3)c2)c(C)c1. The van der Waals surface area contributed by atoms with Gasteiger partial charge >= 0.3 is 227 Å². The number of aromatic nitrogens is 2. The topological polar surface area (TPSA) is 27.1 Å². The quantitative estimate of drug-likeness (QED) is 0.207. The Morgan fingerprint density at radius 2 is 1.43 bits per heavy atom. The second-order valence-corrected chi connectivity index (χ2v) is 14.4. The van der Waals surface area contributed by atoms with Crippen LogP contribution in [0.1, 0.15) is 43.0 Å². The molecule has 4 aromatic carbocycles. The predicted octanol–water partition coefficient (Wildman–Crippen LogP) is 6.32. The van der Waals surface area contributed by atoms with Gasteiger partial charge in [0.1, 0.15) is 0 Å². The number of fused-ring (bicyclic) bond motifs is 3. The molecule has 0 radical (unpaired) electrons. The van der Waals surface area contributed by atoms with Crippen molar-refractivity contribution in [3.63, 3.8) is 0 Å². The molecule has 0 saturated heterocycles. The molecule has 0 fully saturated rings. The first kappa shape index (κ1) is 26.6. The van der Waals surface area contributed by atoms with Crippen LogP contribution in [0, 0.1) is 27.9 Å². The summed E-state index contributed by atoms with van der Waals surface area (Å²) in [5.74, 6) is 2.61. The predicted molar refractivity (Wildman–Crippen MR) is 162 cm³/mol. The van der Waals surface area contributed by atoms with Gasteiger partial charge < -0.3 is 0 Å². The maximum atomic E-state index is 6.49. The minimum atomic E-state index is -0.305. The van der Waals surface area contributed by atoms with Gasteiger partial charge in [0.15, 0.2) is 0 Å². The number of rotatable bonds is 5. The Kier molecular flexibility index (Phi) is 6.91. The van der Waals surface area contributed by atoms with E-state index < -0.39 is 0 Å². The molecule has 2 aromatic heterocycles. The number of benzene rings is 4. The van der Waals surface area contributed by atoms with Gasteiger partial charge in [-0.25, -0.2) is 0 Å². The van der Waals surface area contributed by atoms with E-state index in [0.29, 0.717) is 0 Å². The Labute approximate surface area is 247 Å². The van der Waals surface area contributed by atoms with Crippen molar-refractivity contribution in [2.24, 2.45) is 0 Å². The van der Waals surface area contributed by atoms with E-state index in [9.17, 15) is 0 Å². The molecular weight excluding hydrogens is 603 g/mol. The molecule has 0 unspecified atom stereocenters. The van der Waals surface area contributed by atoms with Crippen LogP contribution in [-0.2, 0) is 5.41 Å². The zero-order valence-corrected chi connectivity index (χ0v) is 26.1. The van der Waals surface area contributed by atoms with Crippen LogP contribution in [0.2, 0.25) is 0 Å². The number of aryl methyl sites for hydroxylation is 3. The molecule has 0 bridgehead atoms. The average Bonchev–Trinajstić information content (AvgIpc) is 3.24. The molecule has 0 aliphatic carbocycles. The summed E-state index contributed by atoms with van der Waals surface area (Å²) in [6, 6.07) is 32.5. The van der Waals surface area contributed by atoms with Crippen LogP contribution in [0.4, 0.5) is 0 Å². The molecule has 0 amide bonds. The molecule has 3 nitrogen and oxygen atoms in total. The van der Waals surface area contributed by atoms with Crippen LogP contribution in [0.5, 0.6) is 11.5 Å². The number of ether oxygens (including phenoxy) is 1. The number of para-hydroxylation sites is 1. The number of pyridine rings is 1. The first-order chi connectivity index (χ1) is 19.2. The first-order valence-corrected chi connectivity index (χ1v) is 15.8. The van der Waals surface area contributed by atoms with Gasteiger partial charge in [0.2, 0.25) is 0 Å². The van der Waals surface area contributed by atoms with Gasteiger partial charge in [-0.15, -0.1) is 0 Å². The average molecular weight is 638 g/mol. The molecule has 0 atom stereocenters. The van der Waals surface area contributed by atoms with Crippen molar-refractivity contribution < 1.29 is 25.9 Å². The van der Waals surface area contributed by atoms with Crippen molar-refractivity contribution in [3.05, 3.63) is 127 Å². The van der Waals surface area contributed by atoms with E-state index in [-0.39, 0.29) is 26.6 Å². The van der Waals surface area contributed by atoms with Gasteiger partial charge in [-0.2, -0.15) is 0 Å². The summed E-state index contributed by atoms with van der Waals surface area (Å²) in [7, 11) is 0. The Balaban J connectivity index is 1.39. The van der Waals surface area contributed by atoms with E-state index in [1.165, 1.54) is 40.2 Å². The summed E-state index contributed by atoms with van der Waals surface area (Å²) in [5.41, 5.74) is 7.63. The van der Waals surface area contributed by atoms with E-state index in [0.717, 1.165) is 28.4 Å². The van der Waals surface area contributed by atoms with Gasteiger partial charge in [-0.1, -0.05) is 20.8 Å². The molecule has 0 spiro atoms. The monoisotopic (exact) mass is 637 g/mol. The Bertz CT molecular complexity index is 1850. The molecule has 0 aliphatic heterocycles. The van der Waals surface area contributed by atoms with E-state index in [2.05, 4.69) is 137 Å². The third kappa shape index (κ3) is 5.13. The van der Waals surface area contributed by atoms with Crippen LogP contribution in [0.15, 0.2) is 97.2 Å². The van der Waals surface area contributed by atoms with Crippen molar-refractivity contribution in [1.29, 1.82) is 0 Å². The van der Waals surface area contributed by atoms with Crippen molar-refractivity contribution in [3.8, 4) is 17.3 Å². The fourth-order valence-electron chi connectivity index (χ4n) is 5.41. The first-order valence-electron chi connectivity index (χ1n) is 13.7. The fraction of sp³-hybridized carbons (Fsp3) is 0.194. The van der Waals surface area contributed by atoms with E-state index >= 15 is 0 Å². The second-order valence-electron chi connectivity index (χ2n) is 11.6. The second kappa shape index (κ2) is 10.4. The normalized spacial score (nSPS) is 11.9. The Hall–Kier alpha value is -3.64. The maximum absolute atomic E-state index is 6.49. The molecule has 6 aromatic rings. The van der Waals surface area contributed by atoms with Gasteiger partial charge in [-0.3, -0.25) is 0 Å². The van der Waals surface area contributed by atoms with Gasteiger partial charge in [0.25, 0.3) is 0 Å². The van der Waals surface area contributed by atoms with Crippen molar-refractivity contribution in [1.82, 2.24) is 9.55 Å². The third-order valence-electron chi connectivity index (χ3n) is 7.30. The molecule has 0 saturated carbocycles. The summed E-state index contributed by atoms with van der Waals surface area (Å²) in [4.78, 5) is 4.81. The molecule has 202 valence electrons. The summed E-state index contributed by atoms with van der Waals surface area (Å²) < 4.78 is 11.6. The van der Waals surface area contributed by atoms with Crippen LogP contribution < -0.4 is 25.9 Å². The molecule has 2 heterocycles. The van der Waals surface area contributed by atoms with Gasteiger partial charge in [0, 0.05) is 0 Å². The Morgan fingerprint density at radius 1 is 0.700 bits per heavy atom. The molecule has 6 rings (SSSR count). The number of halogens is 1. The Morgan fingerprint density at radius 3 is 2.20 bits per heavy atom. The van der Waals surface area contributed by atoms with Gasteiger partial charge in [0.05, 0.1) is 0 Å². The minimum absolute atomic E-state index is 0.0357. The fourth-order valence-corrected chi connectivity index (χ4v) is 8.05. The number of hydrogen-bond donors (Lipinski definition) is 0. The van der Waals surface area contributed by atoms with E-state index in [1.807, 2.05) is 6.20 Å². The zero-order chi connectivity index (χ0) is 28.0. The summed E-state index contributed by atoms with van der Waals surface area (Å²) >= 11 is -0.305. The standard InChI is InChI=1S/C36H34IN2O/c1-23-18-24(2)35(25(3)19-23)37-27-10-9-11-28(21-27)40-29-14-15-31-30-12-7-8-13-32(30)39(33(31)22-29)34-20-26(16-17-38-34)36(4,5)6/h7-22H,1-6H3/q-1. The molecule has 4 heteroatoms. The third-order valence-corrected chi connectivity index (χ3v) is 10.8. The van der Waals surface area contributed by atoms with E-state index in [1.54, 1.807) is 0 Å². The number of hydrogen-bond acceptors (Lipinski definition) is 2. The molecule has 40 heavy (non-hydrogen) atoms. The molecule has 0 N–H and O–H groups in total. The summed E-state index contributed by atoms with van der Waals surface area (Å²) in [6.07, 6.45) is 1.92. The van der Waals surface area contributed by atoms with E-state index in [4.69, 9.17) is 9.72 Å². The van der Waals surface area contributed by atoms with Crippen LogP contribution in [0.3, 0.4) is 0 Å².